The third kappa shape index (κ3) is 2.48. The van der Waals surface area contributed by atoms with Gasteiger partial charge in [-0.3, -0.25) is 0 Å². The quantitative estimate of drug-likeness (QED) is 0.877. The molecule has 1 aliphatic rings. The molecule has 4 heteroatoms. The van der Waals surface area contributed by atoms with Crippen molar-refractivity contribution < 1.29 is 19.3 Å². The van der Waals surface area contributed by atoms with Gasteiger partial charge in [0.15, 0.2) is 5.79 Å². The van der Waals surface area contributed by atoms with Gasteiger partial charge in [-0.2, -0.15) is 0 Å². The summed E-state index contributed by atoms with van der Waals surface area (Å²) in [7, 11) is 3.27. The first kappa shape index (κ1) is 15.8. The number of ether oxygens (including phenoxy) is 3. The third-order valence-electron chi connectivity index (χ3n) is 4.35. The van der Waals surface area contributed by atoms with Crippen molar-refractivity contribution in [3.8, 4) is 11.5 Å². The van der Waals surface area contributed by atoms with E-state index in [1.54, 1.807) is 27.2 Å². The van der Waals surface area contributed by atoms with Crippen LogP contribution in [-0.2, 0) is 16.9 Å². The van der Waals surface area contributed by atoms with Gasteiger partial charge in [-0.1, -0.05) is 30.3 Å². The molecule has 0 unspecified atom stereocenters. The topological polar surface area (TPSA) is 47.9 Å². The third-order valence-corrected chi connectivity index (χ3v) is 4.35. The van der Waals surface area contributed by atoms with Gasteiger partial charge >= 0.3 is 0 Å². The Bertz CT molecular complexity index is 749. The first-order valence-corrected chi connectivity index (χ1v) is 7.70. The summed E-state index contributed by atoms with van der Waals surface area (Å²) in [5.41, 5.74) is 1.59. The second kappa shape index (κ2) is 5.87. The fourth-order valence-electron chi connectivity index (χ4n) is 3.53. The zero-order valence-corrected chi connectivity index (χ0v) is 13.8. The Kier molecular flexibility index (Phi) is 4.04. The fraction of sp³-hybridized carbons (Fsp3) is 0.368. The first-order chi connectivity index (χ1) is 11.0. The standard InChI is InChI=1S/C19H22O4/c1-5-8-12-11-15-16(19(2,20)23-12)18(22-4)14-10-7-6-9-13(14)17(15)21-3/h5-7,9-10,12,20H,1,8,11H2,2-4H3/t12-,19+/m0/s1. The Hall–Kier alpha value is -2.04. The largest absolute Gasteiger partial charge is 0.496 e. The molecule has 1 heterocycles. The van der Waals surface area contributed by atoms with Crippen molar-refractivity contribution in [2.75, 3.05) is 14.2 Å². The Morgan fingerprint density at radius 3 is 2.43 bits per heavy atom. The van der Waals surface area contributed by atoms with Crippen LogP contribution in [0.25, 0.3) is 10.8 Å². The molecule has 0 saturated carbocycles. The molecule has 0 saturated heterocycles. The lowest BCUT2D eigenvalue weighted by atomic mass is 9.87. The van der Waals surface area contributed by atoms with Crippen LogP contribution >= 0.6 is 0 Å². The van der Waals surface area contributed by atoms with Crippen molar-refractivity contribution in [3.63, 3.8) is 0 Å². The fourth-order valence-corrected chi connectivity index (χ4v) is 3.53. The maximum absolute atomic E-state index is 10.9. The summed E-state index contributed by atoms with van der Waals surface area (Å²) in [6.45, 7) is 5.42. The molecule has 0 aliphatic carbocycles. The average molecular weight is 314 g/mol. The van der Waals surface area contributed by atoms with Crippen molar-refractivity contribution in [2.24, 2.45) is 0 Å². The van der Waals surface area contributed by atoms with E-state index in [1.165, 1.54) is 0 Å². The zero-order valence-electron chi connectivity index (χ0n) is 13.8. The molecule has 0 amide bonds. The molecule has 2 aromatic carbocycles. The lowest BCUT2D eigenvalue weighted by molar-refractivity contribution is -0.234. The van der Waals surface area contributed by atoms with Crippen LogP contribution in [-0.4, -0.2) is 25.4 Å². The van der Waals surface area contributed by atoms with Crippen LogP contribution in [0.4, 0.5) is 0 Å². The number of hydrogen-bond acceptors (Lipinski definition) is 4. The molecule has 1 N–H and O–H groups in total. The molecule has 122 valence electrons. The van der Waals surface area contributed by atoms with Crippen LogP contribution in [0.15, 0.2) is 36.9 Å². The molecular weight excluding hydrogens is 292 g/mol. The van der Waals surface area contributed by atoms with E-state index in [0.29, 0.717) is 24.2 Å². The van der Waals surface area contributed by atoms with Gasteiger partial charge in [-0.25, -0.2) is 0 Å². The van der Waals surface area contributed by atoms with E-state index >= 15 is 0 Å². The number of benzene rings is 2. The highest BCUT2D eigenvalue weighted by molar-refractivity contribution is 5.96. The highest BCUT2D eigenvalue weighted by Crippen LogP contribution is 2.49. The smallest absolute Gasteiger partial charge is 0.193 e. The van der Waals surface area contributed by atoms with Crippen molar-refractivity contribution in [1.82, 2.24) is 0 Å². The molecular formula is C19H22O4. The SMILES string of the molecule is C=CC[C@H]1Cc2c(c(OC)c3ccccc3c2OC)[C@](C)(O)O1. The molecule has 0 aromatic heterocycles. The Morgan fingerprint density at radius 2 is 1.87 bits per heavy atom. The molecule has 2 atom stereocenters. The Labute approximate surface area is 136 Å². The van der Waals surface area contributed by atoms with Crippen LogP contribution in [0.5, 0.6) is 11.5 Å². The molecule has 0 bridgehead atoms. The van der Waals surface area contributed by atoms with Gasteiger partial charge in [0, 0.05) is 22.8 Å². The summed E-state index contributed by atoms with van der Waals surface area (Å²) in [4.78, 5) is 0. The van der Waals surface area contributed by atoms with Crippen LogP contribution in [0.3, 0.4) is 0 Å². The number of rotatable bonds is 4. The van der Waals surface area contributed by atoms with Gasteiger partial charge in [0.25, 0.3) is 0 Å². The molecule has 3 rings (SSSR count). The molecule has 0 fully saturated rings. The number of aliphatic hydroxyl groups is 1. The minimum absolute atomic E-state index is 0.144. The van der Waals surface area contributed by atoms with E-state index in [1.807, 2.05) is 24.3 Å². The lowest BCUT2D eigenvalue weighted by Gasteiger charge is -2.38. The summed E-state index contributed by atoms with van der Waals surface area (Å²) in [6, 6.07) is 7.87. The van der Waals surface area contributed by atoms with Crippen molar-refractivity contribution in [2.45, 2.75) is 31.7 Å². The lowest BCUT2D eigenvalue weighted by Crippen LogP contribution is -2.38. The van der Waals surface area contributed by atoms with Gasteiger partial charge < -0.3 is 19.3 Å². The highest BCUT2D eigenvalue weighted by atomic mass is 16.6. The van der Waals surface area contributed by atoms with Crippen LogP contribution < -0.4 is 9.47 Å². The molecule has 0 spiro atoms. The summed E-state index contributed by atoms with van der Waals surface area (Å²) in [5.74, 6) is -0.0308. The summed E-state index contributed by atoms with van der Waals surface area (Å²) < 4.78 is 17.2. The second-order valence-corrected chi connectivity index (χ2v) is 5.92. The second-order valence-electron chi connectivity index (χ2n) is 5.92. The van der Waals surface area contributed by atoms with Gasteiger partial charge in [0.1, 0.15) is 11.5 Å². The van der Waals surface area contributed by atoms with E-state index in [9.17, 15) is 5.11 Å². The van der Waals surface area contributed by atoms with E-state index in [4.69, 9.17) is 14.2 Å². The molecule has 0 radical (unpaired) electrons. The van der Waals surface area contributed by atoms with Crippen LogP contribution in [0, 0.1) is 0 Å². The van der Waals surface area contributed by atoms with E-state index in [0.717, 1.165) is 22.1 Å². The van der Waals surface area contributed by atoms with Crippen molar-refractivity contribution >= 4 is 10.8 Å². The van der Waals surface area contributed by atoms with Gasteiger partial charge in [0.2, 0.25) is 0 Å². The number of methoxy groups -OCH3 is 2. The van der Waals surface area contributed by atoms with Crippen molar-refractivity contribution in [3.05, 3.63) is 48.0 Å². The normalized spacial score (nSPS) is 23.4. The predicted molar refractivity (Wildman–Crippen MR) is 90.0 cm³/mol. The minimum atomic E-state index is -1.44. The summed E-state index contributed by atoms with van der Waals surface area (Å²) in [5, 5.41) is 12.8. The summed E-state index contributed by atoms with van der Waals surface area (Å²) >= 11 is 0. The molecule has 23 heavy (non-hydrogen) atoms. The first-order valence-electron chi connectivity index (χ1n) is 7.70. The molecule has 4 nitrogen and oxygen atoms in total. The molecule has 2 aromatic rings. The highest BCUT2D eigenvalue weighted by Gasteiger charge is 2.41. The van der Waals surface area contributed by atoms with Gasteiger partial charge in [-0.15, -0.1) is 6.58 Å². The van der Waals surface area contributed by atoms with E-state index < -0.39 is 5.79 Å². The Balaban J connectivity index is 2.36. The van der Waals surface area contributed by atoms with Crippen molar-refractivity contribution in [1.29, 1.82) is 0 Å². The maximum Gasteiger partial charge on any atom is 0.193 e. The summed E-state index contributed by atoms with van der Waals surface area (Å²) in [6.07, 6.45) is 2.96. The van der Waals surface area contributed by atoms with Crippen LogP contribution in [0.1, 0.15) is 24.5 Å². The maximum atomic E-state index is 10.9. The van der Waals surface area contributed by atoms with E-state index in [-0.39, 0.29) is 6.10 Å². The predicted octanol–water partition coefficient (Wildman–Crippen LogP) is 3.54. The van der Waals surface area contributed by atoms with Gasteiger partial charge in [-0.05, 0) is 13.3 Å². The molecule has 1 aliphatic heterocycles. The van der Waals surface area contributed by atoms with E-state index in [2.05, 4.69) is 6.58 Å². The van der Waals surface area contributed by atoms with Crippen LogP contribution in [0.2, 0.25) is 0 Å². The Morgan fingerprint density at radius 1 is 1.26 bits per heavy atom. The number of fused-ring (bicyclic) bond motifs is 2. The van der Waals surface area contributed by atoms with Gasteiger partial charge in [0.05, 0.1) is 25.9 Å². The monoisotopic (exact) mass is 314 g/mol. The minimum Gasteiger partial charge on any atom is -0.496 e. The average Bonchev–Trinajstić information content (AvgIpc) is 2.52. The zero-order chi connectivity index (χ0) is 16.6. The number of hydrogen-bond donors (Lipinski definition) is 1.